The molecule has 35 heavy (non-hydrogen) atoms. The highest BCUT2D eigenvalue weighted by Gasteiger charge is 2.32. The summed E-state index contributed by atoms with van der Waals surface area (Å²) in [5.41, 5.74) is 6.78. The standard InChI is InChI=1S/C25H23F3N4O3/c26-15-12-16(13-15)35-25(34)31-22-6-5-17(18-9-10-30-32-21(18)7-8-23(29)33)19(24(22)28)11-14-3-1-2-4-20(14)27/h1-6,9-10,15-16H,7-8,11-13H2,(H2,29,33)(H,31,34). The molecule has 0 spiro atoms. The first kappa shape index (κ1) is 24.2. The molecule has 3 N–H and O–H groups in total. The van der Waals surface area contributed by atoms with Gasteiger partial charge in [0.25, 0.3) is 0 Å². The molecular weight excluding hydrogens is 461 g/mol. The van der Waals surface area contributed by atoms with Gasteiger partial charge in [0.05, 0.1) is 17.6 Å². The van der Waals surface area contributed by atoms with Crippen molar-refractivity contribution >= 4 is 17.7 Å². The van der Waals surface area contributed by atoms with Crippen LogP contribution in [0.1, 0.15) is 36.1 Å². The van der Waals surface area contributed by atoms with E-state index in [1.807, 2.05) is 0 Å². The van der Waals surface area contributed by atoms with E-state index < -0.39 is 35.9 Å². The molecule has 1 aliphatic carbocycles. The summed E-state index contributed by atoms with van der Waals surface area (Å²) in [6.45, 7) is 0. The monoisotopic (exact) mass is 484 g/mol. The van der Waals surface area contributed by atoms with Crippen molar-refractivity contribution in [1.82, 2.24) is 10.2 Å². The molecule has 10 heteroatoms. The average molecular weight is 484 g/mol. The summed E-state index contributed by atoms with van der Waals surface area (Å²) in [6, 6.07) is 10.5. The Morgan fingerprint density at radius 3 is 2.57 bits per heavy atom. The summed E-state index contributed by atoms with van der Waals surface area (Å²) in [7, 11) is 0. The van der Waals surface area contributed by atoms with Crippen molar-refractivity contribution in [2.45, 2.75) is 44.4 Å². The lowest BCUT2D eigenvalue weighted by Crippen LogP contribution is -2.35. The van der Waals surface area contributed by atoms with Gasteiger partial charge in [-0.3, -0.25) is 10.1 Å². The number of alkyl halides is 1. The fraction of sp³-hybridized carbons (Fsp3) is 0.280. The van der Waals surface area contributed by atoms with Crippen LogP contribution >= 0.6 is 0 Å². The summed E-state index contributed by atoms with van der Waals surface area (Å²) < 4.78 is 48.3. The molecule has 1 fully saturated rings. The van der Waals surface area contributed by atoms with E-state index in [0.29, 0.717) is 16.8 Å². The van der Waals surface area contributed by atoms with Gasteiger partial charge < -0.3 is 10.5 Å². The number of ether oxygens (including phenoxy) is 1. The topological polar surface area (TPSA) is 107 Å². The number of carbonyl (C=O) groups is 2. The molecule has 0 bridgehead atoms. The third kappa shape index (κ3) is 5.76. The van der Waals surface area contributed by atoms with Gasteiger partial charge >= 0.3 is 6.09 Å². The Kier molecular flexibility index (Phi) is 7.28. The molecule has 3 aromatic rings. The minimum atomic E-state index is -1.01. The predicted molar refractivity (Wildman–Crippen MR) is 122 cm³/mol. The molecule has 0 atom stereocenters. The highest BCUT2D eigenvalue weighted by Crippen LogP contribution is 2.34. The summed E-state index contributed by atoms with van der Waals surface area (Å²) in [5.74, 6) is -1.82. The maximum absolute atomic E-state index is 15.8. The van der Waals surface area contributed by atoms with Crippen LogP contribution in [0.15, 0.2) is 48.7 Å². The third-order valence-electron chi connectivity index (χ3n) is 5.81. The number of nitrogens with two attached hydrogens (primary N) is 1. The van der Waals surface area contributed by atoms with E-state index in [0.717, 1.165) is 0 Å². The Hall–Kier alpha value is -3.95. The SMILES string of the molecule is NC(=O)CCc1nnccc1-c1ccc(NC(=O)OC2CC(F)C2)c(F)c1Cc1ccccc1F. The number of benzene rings is 2. The highest BCUT2D eigenvalue weighted by molar-refractivity contribution is 5.86. The van der Waals surface area contributed by atoms with Gasteiger partial charge in [-0.25, -0.2) is 18.0 Å². The smallest absolute Gasteiger partial charge is 0.411 e. The van der Waals surface area contributed by atoms with Crippen LogP contribution in [-0.2, 0) is 22.4 Å². The maximum Gasteiger partial charge on any atom is 0.411 e. The van der Waals surface area contributed by atoms with Crippen LogP contribution < -0.4 is 11.1 Å². The fourth-order valence-electron chi connectivity index (χ4n) is 3.90. The van der Waals surface area contributed by atoms with Crippen molar-refractivity contribution < 1.29 is 27.5 Å². The van der Waals surface area contributed by atoms with Crippen molar-refractivity contribution in [1.29, 1.82) is 0 Å². The lowest BCUT2D eigenvalue weighted by atomic mass is 9.92. The van der Waals surface area contributed by atoms with Crippen molar-refractivity contribution in [3.63, 3.8) is 0 Å². The Morgan fingerprint density at radius 2 is 1.86 bits per heavy atom. The minimum absolute atomic E-state index is 0.0171. The van der Waals surface area contributed by atoms with E-state index >= 15 is 4.39 Å². The molecule has 0 saturated heterocycles. The number of amides is 2. The van der Waals surface area contributed by atoms with E-state index in [4.69, 9.17) is 10.5 Å². The van der Waals surface area contributed by atoms with E-state index in [2.05, 4.69) is 15.5 Å². The Labute approximate surface area is 199 Å². The van der Waals surface area contributed by atoms with Crippen LogP contribution in [0, 0.1) is 11.6 Å². The molecule has 0 unspecified atom stereocenters. The molecule has 182 valence electrons. The second kappa shape index (κ2) is 10.5. The fourth-order valence-corrected chi connectivity index (χ4v) is 3.90. The first-order chi connectivity index (χ1) is 16.8. The number of primary amides is 1. The summed E-state index contributed by atoms with van der Waals surface area (Å²) >= 11 is 0. The number of nitrogens with zero attached hydrogens (tertiary/aromatic N) is 2. The Morgan fingerprint density at radius 1 is 1.09 bits per heavy atom. The normalized spacial score (nSPS) is 16.9. The number of rotatable bonds is 8. The highest BCUT2D eigenvalue weighted by atomic mass is 19.1. The first-order valence-electron chi connectivity index (χ1n) is 11.1. The molecule has 2 amide bonds. The van der Waals surface area contributed by atoms with E-state index in [1.54, 1.807) is 18.2 Å². The second-order valence-corrected chi connectivity index (χ2v) is 8.30. The van der Waals surface area contributed by atoms with Gasteiger partial charge in [0.15, 0.2) is 5.82 Å². The van der Waals surface area contributed by atoms with E-state index in [-0.39, 0.29) is 48.9 Å². The van der Waals surface area contributed by atoms with Crippen LogP contribution in [-0.4, -0.2) is 34.5 Å². The van der Waals surface area contributed by atoms with Crippen molar-refractivity contribution in [3.05, 3.63) is 77.1 Å². The summed E-state index contributed by atoms with van der Waals surface area (Å²) in [6.07, 6.45) is -0.748. The lowest BCUT2D eigenvalue weighted by molar-refractivity contribution is -0.118. The molecule has 0 radical (unpaired) electrons. The largest absolute Gasteiger partial charge is 0.446 e. The lowest BCUT2D eigenvalue weighted by Gasteiger charge is -2.29. The van der Waals surface area contributed by atoms with Gasteiger partial charge in [0, 0.05) is 43.2 Å². The number of aromatic nitrogens is 2. The van der Waals surface area contributed by atoms with Gasteiger partial charge in [-0.05, 0) is 29.3 Å². The first-order valence-corrected chi connectivity index (χ1v) is 11.1. The van der Waals surface area contributed by atoms with Crippen LogP contribution in [0.5, 0.6) is 0 Å². The predicted octanol–water partition coefficient (Wildman–Crippen LogP) is 4.48. The van der Waals surface area contributed by atoms with Crippen LogP contribution in [0.4, 0.5) is 23.7 Å². The van der Waals surface area contributed by atoms with Crippen molar-refractivity contribution in [3.8, 4) is 11.1 Å². The van der Waals surface area contributed by atoms with Gasteiger partial charge in [-0.1, -0.05) is 24.3 Å². The van der Waals surface area contributed by atoms with E-state index in [9.17, 15) is 18.4 Å². The molecule has 1 saturated carbocycles. The molecular formula is C25H23F3N4O3. The Bertz CT molecular complexity index is 1250. The van der Waals surface area contributed by atoms with E-state index in [1.165, 1.54) is 30.5 Å². The van der Waals surface area contributed by atoms with Gasteiger partial charge in [0.1, 0.15) is 18.1 Å². The third-order valence-corrected chi connectivity index (χ3v) is 5.81. The maximum atomic E-state index is 15.8. The molecule has 1 aromatic heterocycles. The second-order valence-electron chi connectivity index (χ2n) is 8.30. The number of anilines is 1. The molecule has 0 aliphatic heterocycles. The number of hydrogen-bond donors (Lipinski definition) is 2. The zero-order chi connectivity index (χ0) is 24.9. The number of nitrogens with one attached hydrogen (secondary N) is 1. The summed E-state index contributed by atoms with van der Waals surface area (Å²) in [4.78, 5) is 23.5. The van der Waals surface area contributed by atoms with Gasteiger partial charge in [-0.15, -0.1) is 0 Å². The number of halogens is 3. The van der Waals surface area contributed by atoms with Crippen molar-refractivity contribution in [2.75, 3.05) is 5.32 Å². The number of aryl methyl sites for hydroxylation is 1. The zero-order valence-corrected chi connectivity index (χ0v) is 18.6. The Balaban J connectivity index is 1.71. The molecule has 7 nitrogen and oxygen atoms in total. The molecule has 2 aromatic carbocycles. The van der Waals surface area contributed by atoms with Gasteiger partial charge in [0.2, 0.25) is 5.91 Å². The summed E-state index contributed by atoms with van der Waals surface area (Å²) in [5, 5.41) is 10.3. The zero-order valence-electron chi connectivity index (χ0n) is 18.6. The van der Waals surface area contributed by atoms with Crippen LogP contribution in [0.2, 0.25) is 0 Å². The van der Waals surface area contributed by atoms with Crippen LogP contribution in [0.3, 0.4) is 0 Å². The molecule has 1 aliphatic rings. The minimum Gasteiger partial charge on any atom is -0.446 e. The van der Waals surface area contributed by atoms with Gasteiger partial charge in [-0.2, -0.15) is 10.2 Å². The number of hydrogen-bond acceptors (Lipinski definition) is 5. The molecule has 1 heterocycles. The quantitative estimate of drug-likeness (QED) is 0.490. The van der Waals surface area contributed by atoms with Crippen molar-refractivity contribution in [2.24, 2.45) is 5.73 Å². The average Bonchev–Trinajstić information content (AvgIpc) is 2.81. The molecule has 4 rings (SSSR count). The van der Waals surface area contributed by atoms with Crippen LogP contribution in [0.25, 0.3) is 11.1 Å². The number of carbonyl (C=O) groups excluding carboxylic acids is 2.